The van der Waals surface area contributed by atoms with Crippen molar-refractivity contribution in [3.05, 3.63) is 0 Å². The molecule has 10 heteroatoms. The highest BCUT2D eigenvalue weighted by molar-refractivity contribution is 8.64. The van der Waals surface area contributed by atoms with E-state index in [1.54, 1.807) is 32.6 Å². The molecule has 0 aromatic heterocycles. The molecule has 0 fully saturated rings. The van der Waals surface area contributed by atoms with Crippen LogP contribution in [0.3, 0.4) is 0 Å². The molecule has 0 saturated heterocycles. The fourth-order valence-corrected chi connectivity index (χ4v) is 4.37. The maximum atomic E-state index is 12.4. The van der Waals surface area contributed by atoms with E-state index in [9.17, 15) is 9.59 Å². The molecule has 24 heavy (non-hydrogen) atoms. The summed E-state index contributed by atoms with van der Waals surface area (Å²) in [7, 11) is 9.59. The lowest BCUT2D eigenvalue weighted by Crippen LogP contribution is -2.49. The van der Waals surface area contributed by atoms with Crippen LogP contribution in [0.25, 0.3) is 0 Å². The van der Waals surface area contributed by atoms with Gasteiger partial charge in [0.2, 0.25) is 5.91 Å². The van der Waals surface area contributed by atoms with Crippen LogP contribution in [0.5, 0.6) is 0 Å². The van der Waals surface area contributed by atoms with Crippen molar-refractivity contribution in [2.45, 2.75) is 44.1 Å². The lowest BCUT2D eigenvalue weighted by atomic mass is 10.1. The maximum absolute atomic E-state index is 12.4. The van der Waals surface area contributed by atoms with Gasteiger partial charge in [-0.05, 0) is 46.0 Å². The summed E-state index contributed by atoms with van der Waals surface area (Å²) in [4.78, 5) is 24.3. The number of likely N-dealkylation sites (N-methyl/N-ethyl adjacent to an activating group) is 1. The average Bonchev–Trinajstić information content (AvgIpc) is 2.60. The van der Waals surface area contributed by atoms with Gasteiger partial charge in [0.05, 0.1) is 13.2 Å². The highest BCUT2D eigenvalue weighted by atomic mass is 32.9. The summed E-state index contributed by atoms with van der Waals surface area (Å²) < 4.78 is 15.0. The topological polar surface area (TPSA) is 85.9 Å². The van der Waals surface area contributed by atoms with E-state index < -0.39 is 12.0 Å². The summed E-state index contributed by atoms with van der Waals surface area (Å²) in [5.74, 6) is 0.258. The molecule has 0 aliphatic heterocycles. The number of methoxy groups -OCH3 is 3. The fourth-order valence-electron chi connectivity index (χ4n) is 2.13. The predicted octanol–water partition coefficient (Wildman–Crippen LogP) is 1.53. The number of hydrogen-bond acceptors (Lipinski definition) is 7. The van der Waals surface area contributed by atoms with Gasteiger partial charge in [0.1, 0.15) is 6.04 Å². The van der Waals surface area contributed by atoms with Crippen molar-refractivity contribution < 1.29 is 23.8 Å². The summed E-state index contributed by atoms with van der Waals surface area (Å²) in [6.45, 7) is 0. The second-order valence-electron chi connectivity index (χ2n) is 5.01. The van der Waals surface area contributed by atoms with Crippen LogP contribution in [-0.4, -0.2) is 64.4 Å². The Morgan fingerprint density at radius 2 is 1.79 bits per heavy atom. The normalized spacial score (nSPS) is 14.1. The quantitative estimate of drug-likeness (QED) is 0.198. The minimum atomic E-state index is -0.663. The van der Waals surface area contributed by atoms with E-state index in [2.05, 4.69) is 19.6 Å². The molecular weight excluding hydrogens is 370 g/mol. The Kier molecular flexibility index (Phi) is 15.3. The van der Waals surface area contributed by atoms with Gasteiger partial charge in [0.15, 0.2) is 6.29 Å². The third-order valence-electron chi connectivity index (χ3n) is 3.52. The van der Waals surface area contributed by atoms with Gasteiger partial charge in [-0.1, -0.05) is 0 Å². The molecule has 0 spiro atoms. The van der Waals surface area contributed by atoms with Gasteiger partial charge in [-0.3, -0.25) is 4.79 Å². The highest BCUT2D eigenvalue weighted by Crippen LogP contribution is 2.36. The maximum Gasteiger partial charge on any atom is 0.328 e. The van der Waals surface area contributed by atoms with Crippen LogP contribution < -0.4 is 10.6 Å². The molecule has 1 amide bonds. The summed E-state index contributed by atoms with van der Waals surface area (Å²) in [6.07, 6.45) is 2.17. The van der Waals surface area contributed by atoms with Gasteiger partial charge in [-0.15, -0.1) is 20.3 Å². The molecule has 0 aliphatic carbocycles. The monoisotopic (exact) mass is 400 g/mol. The van der Waals surface area contributed by atoms with Gasteiger partial charge in [-0.2, -0.15) is 0 Å². The second kappa shape index (κ2) is 15.3. The number of nitrogens with one attached hydrogen (secondary N) is 2. The van der Waals surface area contributed by atoms with E-state index in [-0.39, 0.29) is 18.2 Å². The summed E-state index contributed by atoms with van der Waals surface area (Å²) >= 11 is 1.77. The average molecular weight is 400 g/mol. The van der Waals surface area contributed by atoms with Crippen LogP contribution in [0.2, 0.25) is 0 Å². The Morgan fingerprint density at radius 3 is 2.29 bits per heavy atom. The van der Waals surface area contributed by atoms with Crippen molar-refractivity contribution in [2.24, 2.45) is 0 Å². The van der Waals surface area contributed by atoms with E-state index in [0.29, 0.717) is 25.7 Å². The van der Waals surface area contributed by atoms with Crippen LogP contribution in [-0.2, 0) is 23.8 Å². The highest BCUT2D eigenvalue weighted by Gasteiger charge is 2.25. The van der Waals surface area contributed by atoms with Crippen molar-refractivity contribution in [3.8, 4) is 0 Å². The Balaban J connectivity index is 4.53. The van der Waals surface area contributed by atoms with Crippen LogP contribution in [0.1, 0.15) is 25.7 Å². The lowest BCUT2D eigenvalue weighted by Gasteiger charge is -2.21. The molecular formula is C14H30N2O5P2S. The van der Waals surface area contributed by atoms with E-state index in [0.717, 1.165) is 13.2 Å². The van der Waals surface area contributed by atoms with Gasteiger partial charge in [0.25, 0.3) is 0 Å². The number of carbonyl (C=O) groups is 2. The van der Waals surface area contributed by atoms with E-state index in [1.165, 1.54) is 7.11 Å². The van der Waals surface area contributed by atoms with Crippen molar-refractivity contribution >= 4 is 39.7 Å². The van der Waals surface area contributed by atoms with Crippen molar-refractivity contribution in [1.82, 2.24) is 10.6 Å². The molecule has 2 N–H and O–H groups in total. The second-order valence-corrected chi connectivity index (χ2v) is 9.64. The Labute approximate surface area is 152 Å². The molecule has 0 bridgehead atoms. The number of esters is 1. The number of hydrogen-bond donors (Lipinski definition) is 2. The van der Waals surface area contributed by atoms with Crippen molar-refractivity contribution in [3.63, 3.8) is 0 Å². The molecule has 0 aromatic carbocycles. The molecule has 0 heterocycles. The predicted molar refractivity (Wildman–Crippen MR) is 104 cm³/mol. The zero-order valence-corrected chi connectivity index (χ0v) is 17.8. The van der Waals surface area contributed by atoms with Gasteiger partial charge < -0.3 is 24.8 Å². The minimum absolute atomic E-state index is 0.185. The van der Waals surface area contributed by atoms with Gasteiger partial charge in [0, 0.05) is 14.2 Å². The smallest absolute Gasteiger partial charge is 0.328 e. The number of rotatable bonds is 14. The first kappa shape index (κ1) is 24.0. The van der Waals surface area contributed by atoms with Gasteiger partial charge in [-0.25, -0.2) is 4.79 Å². The summed E-state index contributed by atoms with van der Waals surface area (Å²) in [6, 6.07) is -0.985. The molecule has 4 atom stereocenters. The fraction of sp³-hybridized carbons (Fsp3) is 0.857. The molecule has 0 aliphatic rings. The first-order chi connectivity index (χ1) is 11.5. The molecule has 2 unspecified atom stereocenters. The summed E-state index contributed by atoms with van der Waals surface area (Å²) in [5, 5.41) is 5.78. The van der Waals surface area contributed by atoms with Crippen LogP contribution in [0.15, 0.2) is 0 Å². The van der Waals surface area contributed by atoms with Crippen molar-refractivity contribution in [1.29, 1.82) is 0 Å². The van der Waals surface area contributed by atoms with E-state index in [4.69, 9.17) is 14.2 Å². The molecule has 0 saturated carbocycles. The lowest BCUT2D eigenvalue weighted by molar-refractivity contribution is -0.146. The van der Waals surface area contributed by atoms with Gasteiger partial charge >= 0.3 is 5.97 Å². The van der Waals surface area contributed by atoms with E-state index >= 15 is 0 Å². The van der Waals surface area contributed by atoms with Crippen LogP contribution in [0.4, 0.5) is 0 Å². The standard InChI is InChI=1S/C14H30N2O5P2S/c1-15-10(8-9-24-23-22)13(17)16-11(14(18)21-4)6-5-7-12(19-2)20-3/h10-12,15,23H,5-9,22H2,1-4H3,(H,16,17)/t10-,11-/m0/s1. The molecule has 7 nitrogen and oxygen atoms in total. The molecule has 0 rings (SSSR count). The number of carbonyl (C=O) groups excluding carboxylic acids is 2. The Bertz CT molecular complexity index is 362. The molecule has 142 valence electrons. The molecule has 0 radical (unpaired) electrons. The number of ether oxygens (including phenoxy) is 3. The Hall–Kier alpha value is 0.0300. The minimum Gasteiger partial charge on any atom is -0.467 e. The zero-order valence-electron chi connectivity index (χ0n) is 14.8. The zero-order chi connectivity index (χ0) is 18.4. The largest absolute Gasteiger partial charge is 0.467 e. The Morgan fingerprint density at radius 1 is 1.12 bits per heavy atom. The van der Waals surface area contributed by atoms with Crippen LogP contribution in [0, 0.1) is 0 Å². The third kappa shape index (κ3) is 10.1. The van der Waals surface area contributed by atoms with Crippen LogP contribution >= 0.6 is 27.8 Å². The van der Waals surface area contributed by atoms with E-state index in [1.807, 2.05) is 0 Å². The number of amides is 1. The van der Waals surface area contributed by atoms with Crippen molar-refractivity contribution in [2.75, 3.05) is 34.1 Å². The first-order valence-corrected chi connectivity index (χ1v) is 12.2. The first-order valence-electron chi connectivity index (χ1n) is 7.72. The molecule has 0 aromatic rings. The summed E-state index contributed by atoms with van der Waals surface area (Å²) in [5.41, 5.74) is 0. The third-order valence-corrected chi connectivity index (χ3v) is 6.74. The SMILES string of the molecule is CN[C@@H](CCSPP)C(=O)N[C@@H](CCCC(OC)OC)C(=O)OC.